The maximum absolute atomic E-state index is 11.9. The Balaban J connectivity index is 1.80. The molecule has 0 radical (unpaired) electrons. The fraction of sp³-hybridized carbons (Fsp3) is 0.333. The fourth-order valence-electron chi connectivity index (χ4n) is 1.67. The second-order valence-electron chi connectivity index (χ2n) is 4.35. The van der Waals surface area contributed by atoms with E-state index in [9.17, 15) is 4.79 Å². The van der Waals surface area contributed by atoms with E-state index < -0.39 is 0 Å². The van der Waals surface area contributed by atoms with Crippen LogP contribution < -0.4 is 10.9 Å². The highest BCUT2D eigenvalue weighted by atomic mass is 79.9. The van der Waals surface area contributed by atoms with Crippen LogP contribution in [0, 0.1) is 0 Å². The van der Waals surface area contributed by atoms with Crippen molar-refractivity contribution in [1.29, 1.82) is 0 Å². The topological polar surface area (TPSA) is 46.9 Å². The minimum absolute atomic E-state index is 0.0686. The highest BCUT2D eigenvalue weighted by Crippen LogP contribution is 2.24. The molecule has 6 heteroatoms. The highest BCUT2D eigenvalue weighted by molar-refractivity contribution is 9.10. The molecule has 0 unspecified atom stereocenters. The predicted molar refractivity (Wildman–Crippen MR) is 76.3 cm³/mol. The van der Waals surface area contributed by atoms with Gasteiger partial charge >= 0.3 is 0 Å². The summed E-state index contributed by atoms with van der Waals surface area (Å²) in [5, 5.41) is 9.47. The number of hydrogen-bond donors (Lipinski definition) is 1. The number of rotatable bonds is 4. The van der Waals surface area contributed by atoms with Gasteiger partial charge in [-0.25, -0.2) is 4.68 Å². The van der Waals surface area contributed by atoms with Crippen molar-refractivity contribution in [3.8, 4) is 0 Å². The monoisotopic (exact) mass is 325 g/mol. The predicted octanol–water partition coefficient (Wildman–Crippen LogP) is 2.69. The molecular formula is C12H12BrN3OS. The molecule has 94 valence electrons. The standard InChI is InChI=1S/C12H12BrN3OS/c13-10-3-4-18-11(10)7-16-12(17)5-9(6-14-16)15-8-1-2-8/h3-6,8,15H,1-2,7H2. The summed E-state index contributed by atoms with van der Waals surface area (Å²) < 4.78 is 2.51. The van der Waals surface area contributed by atoms with Crippen molar-refractivity contribution in [1.82, 2.24) is 9.78 Å². The van der Waals surface area contributed by atoms with Crippen LogP contribution in [-0.2, 0) is 6.54 Å². The highest BCUT2D eigenvalue weighted by Gasteiger charge is 2.21. The Bertz CT molecular complexity index is 618. The van der Waals surface area contributed by atoms with E-state index in [-0.39, 0.29) is 5.56 Å². The molecule has 18 heavy (non-hydrogen) atoms. The average molecular weight is 326 g/mol. The lowest BCUT2D eigenvalue weighted by Gasteiger charge is -2.06. The van der Waals surface area contributed by atoms with E-state index in [1.807, 2.05) is 11.4 Å². The third kappa shape index (κ3) is 2.64. The van der Waals surface area contributed by atoms with E-state index in [4.69, 9.17) is 0 Å². The molecule has 3 rings (SSSR count). The third-order valence-electron chi connectivity index (χ3n) is 2.80. The quantitative estimate of drug-likeness (QED) is 0.940. The Kier molecular flexibility index (Phi) is 3.22. The Morgan fingerprint density at radius 1 is 1.56 bits per heavy atom. The molecule has 1 N–H and O–H groups in total. The molecular weight excluding hydrogens is 314 g/mol. The zero-order valence-corrected chi connectivity index (χ0v) is 12.0. The third-order valence-corrected chi connectivity index (χ3v) is 4.71. The summed E-state index contributed by atoms with van der Waals surface area (Å²) in [5.74, 6) is 0. The lowest BCUT2D eigenvalue weighted by Crippen LogP contribution is -2.23. The van der Waals surface area contributed by atoms with Gasteiger partial charge in [0.25, 0.3) is 5.56 Å². The van der Waals surface area contributed by atoms with Crippen LogP contribution in [0.5, 0.6) is 0 Å². The summed E-state index contributed by atoms with van der Waals surface area (Å²) in [6.45, 7) is 0.515. The summed E-state index contributed by atoms with van der Waals surface area (Å²) in [6, 6.07) is 4.13. The Labute approximate surface area is 117 Å². The number of aromatic nitrogens is 2. The molecule has 1 fully saturated rings. The zero-order valence-electron chi connectivity index (χ0n) is 9.60. The van der Waals surface area contributed by atoms with Crippen molar-refractivity contribution in [2.24, 2.45) is 0 Å². The van der Waals surface area contributed by atoms with E-state index in [1.54, 1.807) is 23.6 Å². The Morgan fingerprint density at radius 2 is 2.39 bits per heavy atom. The fourth-order valence-corrected chi connectivity index (χ4v) is 3.13. The minimum Gasteiger partial charge on any atom is -0.381 e. The van der Waals surface area contributed by atoms with Crippen LogP contribution in [0.15, 0.2) is 33.0 Å². The average Bonchev–Trinajstić information content (AvgIpc) is 3.06. The van der Waals surface area contributed by atoms with Gasteiger partial charge in [-0.3, -0.25) is 4.79 Å². The van der Waals surface area contributed by atoms with Gasteiger partial charge in [0.2, 0.25) is 0 Å². The van der Waals surface area contributed by atoms with Gasteiger partial charge in [-0.15, -0.1) is 11.3 Å². The Morgan fingerprint density at radius 3 is 3.00 bits per heavy atom. The number of halogens is 1. The van der Waals surface area contributed by atoms with Crippen LogP contribution in [0.2, 0.25) is 0 Å². The first-order chi connectivity index (χ1) is 8.72. The molecule has 0 aromatic carbocycles. The van der Waals surface area contributed by atoms with Crippen molar-refractivity contribution < 1.29 is 0 Å². The molecule has 0 bridgehead atoms. The van der Waals surface area contributed by atoms with E-state index in [0.29, 0.717) is 12.6 Å². The van der Waals surface area contributed by atoms with Crippen molar-refractivity contribution in [3.05, 3.63) is 43.4 Å². The van der Waals surface area contributed by atoms with Gasteiger partial charge in [0.1, 0.15) is 0 Å². The van der Waals surface area contributed by atoms with Crippen LogP contribution in [0.25, 0.3) is 0 Å². The van der Waals surface area contributed by atoms with Crippen molar-refractivity contribution in [3.63, 3.8) is 0 Å². The summed E-state index contributed by atoms with van der Waals surface area (Å²) >= 11 is 5.07. The molecule has 2 heterocycles. The molecule has 0 saturated heterocycles. The van der Waals surface area contributed by atoms with Gasteiger partial charge in [-0.05, 0) is 40.2 Å². The summed E-state index contributed by atoms with van der Waals surface area (Å²) in [4.78, 5) is 13.0. The smallest absolute Gasteiger partial charge is 0.269 e. The number of nitrogens with zero attached hydrogens (tertiary/aromatic N) is 2. The SMILES string of the molecule is O=c1cc(NC2CC2)cnn1Cc1sccc1Br. The number of anilines is 1. The number of nitrogens with one attached hydrogen (secondary N) is 1. The van der Waals surface area contributed by atoms with Crippen LogP contribution in [-0.4, -0.2) is 15.8 Å². The number of hydrogen-bond acceptors (Lipinski definition) is 4. The lowest BCUT2D eigenvalue weighted by atomic mass is 10.4. The first-order valence-corrected chi connectivity index (χ1v) is 7.45. The van der Waals surface area contributed by atoms with Crippen LogP contribution in [0.1, 0.15) is 17.7 Å². The minimum atomic E-state index is -0.0686. The summed E-state index contributed by atoms with van der Waals surface area (Å²) in [7, 11) is 0. The molecule has 0 atom stereocenters. The molecule has 4 nitrogen and oxygen atoms in total. The Hall–Kier alpha value is -1.14. The largest absolute Gasteiger partial charge is 0.381 e. The van der Waals surface area contributed by atoms with E-state index in [0.717, 1.165) is 15.0 Å². The molecule has 0 aliphatic heterocycles. The molecule has 1 aliphatic rings. The first-order valence-electron chi connectivity index (χ1n) is 5.78. The normalized spacial score (nSPS) is 14.7. The van der Waals surface area contributed by atoms with Gasteiger partial charge in [-0.1, -0.05) is 0 Å². The zero-order chi connectivity index (χ0) is 12.5. The van der Waals surface area contributed by atoms with Crippen LogP contribution in [0.3, 0.4) is 0 Å². The van der Waals surface area contributed by atoms with Crippen molar-refractivity contribution in [2.75, 3.05) is 5.32 Å². The second kappa shape index (κ2) is 4.85. The van der Waals surface area contributed by atoms with Crippen molar-refractivity contribution in [2.45, 2.75) is 25.4 Å². The lowest BCUT2D eigenvalue weighted by molar-refractivity contribution is 0.644. The van der Waals surface area contributed by atoms with Crippen LogP contribution >= 0.6 is 27.3 Å². The van der Waals surface area contributed by atoms with E-state index in [2.05, 4.69) is 26.3 Å². The van der Waals surface area contributed by atoms with Gasteiger partial charge in [-0.2, -0.15) is 5.10 Å². The van der Waals surface area contributed by atoms with Gasteiger partial charge < -0.3 is 5.32 Å². The van der Waals surface area contributed by atoms with Gasteiger partial charge in [0.05, 0.1) is 18.4 Å². The molecule has 1 aliphatic carbocycles. The van der Waals surface area contributed by atoms with Gasteiger partial charge in [0.15, 0.2) is 0 Å². The summed E-state index contributed by atoms with van der Waals surface area (Å²) in [6.07, 6.45) is 4.09. The maximum Gasteiger partial charge on any atom is 0.269 e. The first kappa shape index (κ1) is 11.9. The second-order valence-corrected chi connectivity index (χ2v) is 6.21. The molecule has 0 spiro atoms. The number of thiophene rings is 1. The molecule has 2 aromatic heterocycles. The van der Waals surface area contributed by atoms with E-state index in [1.165, 1.54) is 17.5 Å². The van der Waals surface area contributed by atoms with Crippen molar-refractivity contribution >= 4 is 33.0 Å². The van der Waals surface area contributed by atoms with E-state index >= 15 is 0 Å². The molecule has 0 amide bonds. The summed E-state index contributed by atoms with van der Waals surface area (Å²) in [5.41, 5.74) is 0.755. The maximum atomic E-state index is 11.9. The molecule has 2 aromatic rings. The van der Waals surface area contributed by atoms with Gasteiger partial charge in [0, 0.05) is 21.5 Å². The molecule has 1 saturated carbocycles. The van der Waals surface area contributed by atoms with Crippen LogP contribution in [0.4, 0.5) is 5.69 Å².